The number of rotatable bonds is 8. The van der Waals surface area contributed by atoms with E-state index in [0.717, 1.165) is 32.1 Å². The van der Waals surface area contributed by atoms with Crippen LogP contribution in [0, 0.1) is 5.92 Å². The molecule has 0 spiro atoms. The van der Waals surface area contributed by atoms with E-state index < -0.39 is 0 Å². The Morgan fingerprint density at radius 2 is 2.12 bits per heavy atom. The monoisotopic (exact) mass is 236 g/mol. The molecule has 0 amide bonds. The van der Waals surface area contributed by atoms with Crippen molar-refractivity contribution in [1.29, 1.82) is 0 Å². The minimum atomic E-state index is 0.331. The molecule has 1 aromatic rings. The Kier molecular flexibility index (Phi) is 6.82. The van der Waals surface area contributed by atoms with E-state index in [2.05, 4.69) is 37.1 Å². The van der Waals surface area contributed by atoms with Crippen molar-refractivity contribution >= 4 is 0 Å². The lowest BCUT2D eigenvalue weighted by molar-refractivity contribution is 0.123. The fourth-order valence-corrected chi connectivity index (χ4v) is 1.52. The Morgan fingerprint density at radius 1 is 1.29 bits per heavy atom. The third-order valence-corrected chi connectivity index (χ3v) is 2.72. The number of nitrogens with zero attached hydrogens (tertiary/aromatic N) is 1. The normalized spacial score (nSPS) is 12.9. The molecule has 0 radical (unpaired) electrons. The molecule has 0 fully saturated rings. The fraction of sp³-hybridized carbons (Fsp3) is 0.643. The van der Waals surface area contributed by atoms with E-state index in [-0.39, 0.29) is 0 Å². The zero-order valence-corrected chi connectivity index (χ0v) is 11.1. The van der Waals surface area contributed by atoms with Crippen LogP contribution in [-0.4, -0.2) is 24.7 Å². The van der Waals surface area contributed by atoms with Gasteiger partial charge in [0.25, 0.3) is 0 Å². The second-order valence-corrected chi connectivity index (χ2v) is 4.76. The SMILES string of the molecule is CC(C)CCOCCN[C@H](C)c1cccnc1. The molecule has 17 heavy (non-hydrogen) atoms. The van der Waals surface area contributed by atoms with Gasteiger partial charge >= 0.3 is 0 Å². The first-order valence-electron chi connectivity index (χ1n) is 6.41. The number of ether oxygens (including phenoxy) is 1. The second-order valence-electron chi connectivity index (χ2n) is 4.76. The van der Waals surface area contributed by atoms with Crippen LogP contribution in [0.3, 0.4) is 0 Å². The van der Waals surface area contributed by atoms with Gasteiger partial charge in [-0.25, -0.2) is 0 Å². The predicted octanol–water partition coefficient (Wildman–Crippen LogP) is 2.79. The molecular formula is C14H24N2O. The molecule has 1 N–H and O–H groups in total. The maximum Gasteiger partial charge on any atom is 0.0591 e. The van der Waals surface area contributed by atoms with Crippen LogP contribution in [0.4, 0.5) is 0 Å². The molecule has 1 heterocycles. The quantitative estimate of drug-likeness (QED) is 0.705. The van der Waals surface area contributed by atoms with Crippen LogP contribution in [0.5, 0.6) is 0 Å². The van der Waals surface area contributed by atoms with Gasteiger partial charge in [0.05, 0.1) is 6.61 Å². The minimum absolute atomic E-state index is 0.331. The maximum absolute atomic E-state index is 5.55. The average molecular weight is 236 g/mol. The summed E-state index contributed by atoms with van der Waals surface area (Å²) >= 11 is 0. The molecule has 0 aliphatic rings. The van der Waals surface area contributed by atoms with Crippen LogP contribution in [0.25, 0.3) is 0 Å². The molecule has 0 bridgehead atoms. The lowest BCUT2D eigenvalue weighted by Gasteiger charge is -2.14. The summed E-state index contributed by atoms with van der Waals surface area (Å²) in [6, 6.07) is 4.38. The van der Waals surface area contributed by atoms with Gasteiger partial charge in [0, 0.05) is 31.6 Å². The third kappa shape index (κ3) is 6.39. The van der Waals surface area contributed by atoms with Crippen LogP contribution >= 0.6 is 0 Å². The summed E-state index contributed by atoms with van der Waals surface area (Å²) in [5.74, 6) is 0.720. The van der Waals surface area contributed by atoms with E-state index in [1.807, 2.05) is 12.3 Å². The highest BCUT2D eigenvalue weighted by molar-refractivity contribution is 5.12. The molecule has 3 heteroatoms. The molecule has 1 rings (SSSR count). The summed E-state index contributed by atoms with van der Waals surface area (Å²) in [5.41, 5.74) is 1.22. The van der Waals surface area contributed by atoms with E-state index in [4.69, 9.17) is 4.74 Å². The van der Waals surface area contributed by atoms with Crippen LogP contribution in [0.2, 0.25) is 0 Å². The summed E-state index contributed by atoms with van der Waals surface area (Å²) in [6.07, 6.45) is 4.83. The summed E-state index contributed by atoms with van der Waals surface area (Å²) in [6.45, 7) is 9.09. The van der Waals surface area contributed by atoms with Crippen LogP contribution in [0.15, 0.2) is 24.5 Å². The smallest absolute Gasteiger partial charge is 0.0591 e. The van der Waals surface area contributed by atoms with Crippen molar-refractivity contribution in [3.05, 3.63) is 30.1 Å². The summed E-state index contributed by atoms with van der Waals surface area (Å²) in [5, 5.41) is 3.42. The molecule has 96 valence electrons. The van der Waals surface area contributed by atoms with Crippen LogP contribution < -0.4 is 5.32 Å². The Balaban J connectivity index is 2.07. The van der Waals surface area contributed by atoms with Gasteiger partial charge in [-0.15, -0.1) is 0 Å². The van der Waals surface area contributed by atoms with Crippen molar-refractivity contribution in [2.45, 2.75) is 33.2 Å². The minimum Gasteiger partial charge on any atom is -0.380 e. The highest BCUT2D eigenvalue weighted by Gasteiger charge is 2.03. The first-order valence-corrected chi connectivity index (χ1v) is 6.41. The first-order chi connectivity index (χ1) is 8.20. The average Bonchev–Trinajstić information content (AvgIpc) is 2.34. The molecule has 0 saturated heterocycles. The van der Waals surface area contributed by atoms with Crippen molar-refractivity contribution in [3.8, 4) is 0 Å². The Bertz CT molecular complexity index is 288. The standard InChI is InChI=1S/C14H24N2O/c1-12(2)6-9-17-10-8-16-13(3)14-5-4-7-15-11-14/h4-5,7,11-13,16H,6,8-10H2,1-3H3/t13-/m1/s1. The van der Waals surface area contributed by atoms with Crippen molar-refractivity contribution in [2.24, 2.45) is 5.92 Å². The van der Waals surface area contributed by atoms with Crippen molar-refractivity contribution < 1.29 is 4.74 Å². The molecule has 0 aliphatic carbocycles. The highest BCUT2D eigenvalue weighted by atomic mass is 16.5. The third-order valence-electron chi connectivity index (χ3n) is 2.72. The van der Waals surface area contributed by atoms with Gasteiger partial charge in [-0.2, -0.15) is 0 Å². The predicted molar refractivity (Wildman–Crippen MR) is 70.9 cm³/mol. The number of aromatic nitrogens is 1. The van der Waals surface area contributed by atoms with Crippen molar-refractivity contribution in [1.82, 2.24) is 10.3 Å². The van der Waals surface area contributed by atoms with Crippen molar-refractivity contribution in [3.63, 3.8) is 0 Å². The molecular weight excluding hydrogens is 212 g/mol. The van der Waals surface area contributed by atoms with Gasteiger partial charge < -0.3 is 10.1 Å². The highest BCUT2D eigenvalue weighted by Crippen LogP contribution is 2.08. The number of pyridine rings is 1. The number of nitrogens with one attached hydrogen (secondary N) is 1. The zero-order chi connectivity index (χ0) is 12.5. The van der Waals surface area contributed by atoms with Gasteiger partial charge in [0.15, 0.2) is 0 Å². The Morgan fingerprint density at radius 3 is 2.76 bits per heavy atom. The Labute approximate surface area is 105 Å². The second kappa shape index (κ2) is 8.20. The lowest BCUT2D eigenvalue weighted by atomic mass is 10.1. The van der Waals surface area contributed by atoms with Gasteiger partial charge in [-0.3, -0.25) is 4.98 Å². The molecule has 0 aromatic carbocycles. The topological polar surface area (TPSA) is 34.1 Å². The summed E-state index contributed by atoms with van der Waals surface area (Å²) < 4.78 is 5.55. The van der Waals surface area contributed by atoms with E-state index in [0.29, 0.717) is 6.04 Å². The number of hydrogen-bond donors (Lipinski definition) is 1. The van der Waals surface area contributed by atoms with E-state index >= 15 is 0 Å². The van der Waals surface area contributed by atoms with Crippen molar-refractivity contribution in [2.75, 3.05) is 19.8 Å². The molecule has 1 atom stereocenters. The fourth-order valence-electron chi connectivity index (χ4n) is 1.52. The van der Waals surface area contributed by atoms with Gasteiger partial charge in [0.1, 0.15) is 0 Å². The molecule has 0 aliphatic heterocycles. The lowest BCUT2D eigenvalue weighted by Crippen LogP contribution is -2.23. The number of hydrogen-bond acceptors (Lipinski definition) is 3. The largest absolute Gasteiger partial charge is 0.380 e. The van der Waals surface area contributed by atoms with Crippen LogP contribution in [0.1, 0.15) is 38.8 Å². The van der Waals surface area contributed by atoms with Gasteiger partial charge in [0.2, 0.25) is 0 Å². The van der Waals surface area contributed by atoms with Gasteiger partial charge in [-0.1, -0.05) is 19.9 Å². The maximum atomic E-state index is 5.55. The molecule has 0 unspecified atom stereocenters. The first kappa shape index (κ1) is 14.1. The summed E-state index contributed by atoms with van der Waals surface area (Å²) in [7, 11) is 0. The van der Waals surface area contributed by atoms with Gasteiger partial charge in [-0.05, 0) is 30.9 Å². The molecule has 0 saturated carbocycles. The van der Waals surface area contributed by atoms with E-state index in [1.54, 1.807) is 6.20 Å². The molecule has 3 nitrogen and oxygen atoms in total. The zero-order valence-electron chi connectivity index (χ0n) is 11.1. The summed E-state index contributed by atoms with van der Waals surface area (Å²) in [4.78, 5) is 4.11. The van der Waals surface area contributed by atoms with E-state index in [9.17, 15) is 0 Å². The van der Waals surface area contributed by atoms with Crippen LogP contribution in [-0.2, 0) is 4.74 Å². The molecule has 1 aromatic heterocycles. The Hall–Kier alpha value is -0.930. The van der Waals surface area contributed by atoms with E-state index in [1.165, 1.54) is 5.56 Å².